The van der Waals surface area contributed by atoms with Crippen molar-refractivity contribution in [1.29, 1.82) is 0 Å². The fourth-order valence-electron chi connectivity index (χ4n) is 8.73. The molecule has 4 heterocycles. The molecule has 0 radical (unpaired) electrons. The molecule has 4 fully saturated rings. The van der Waals surface area contributed by atoms with Gasteiger partial charge in [-0.15, -0.1) is 0 Å². The van der Waals surface area contributed by atoms with Gasteiger partial charge in [0.1, 0.15) is 5.75 Å². The summed E-state index contributed by atoms with van der Waals surface area (Å²) in [5.41, 5.74) is 0.964. The molecule has 4 aliphatic heterocycles. The van der Waals surface area contributed by atoms with Crippen molar-refractivity contribution in [2.45, 2.75) is 76.0 Å². The number of carbonyl (C=O) groups excluding carboxylic acids is 5. The average Bonchev–Trinajstić information content (AvgIpc) is 3.72. The third-order valence-corrected chi connectivity index (χ3v) is 12.9. The summed E-state index contributed by atoms with van der Waals surface area (Å²) in [5, 5.41) is 15.3. The van der Waals surface area contributed by atoms with E-state index < -0.39 is 35.2 Å². The second-order valence-electron chi connectivity index (χ2n) is 14.7. The van der Waals surface area contributed by atoms with Crippen LogP contribution < -0.4 is 5.32 Å². The summed E-state index contributed by atoms with van der Waals surface area (Å²) in [5.74, 6) is -1.32. The molecule has 3 saturated heterocycles. The van der Waals surface area contributed by atoms with E-state index in [0.29, 0.717) is 65.9 Å². The number of Topliss-reactive ketones (excluding diaryl/α,β-unsaturated/α-hetero) is 2. The van der Waals surface area contributed by atoms with Crippen molar-refractivity contribution in [1.82, 2.24) is 19.8 Å². The average molecular weight is 860 g/mol. The Hall–Kier alpha value is -3.53. The molecule has 2 aromatic rings. The Morgan fingerprint density at radius 2 is 1.58 bits per heavy atom. The number of phenolic OH excluding ortho intramolecular Hbond substituents is 1. The third-order valence-electron chi connectivity index (χ3n) is 11.7. The molecule has 7 rings (SSSR count). The van der Waals surface area contributed by atoms with E-state index in [1.54, 1.807) is 17.0 Å². The third kappa shape index (κ3) is 7.59. The Labute approximate surface area is 325 Å². The second-order valence-corrected chi connectivity index (χ2v) is 16.4. The van der Waals surface area contributed by atoms with Gasteiger partial charge in [0, 0.05) is 57.4 Å². The summed E-state index contributed by atoms with van der Waals surface area (Å²) in [7, 11) is 0. The Balaban J connectivity index is 1.04. The molecule has 2 N–H and O–H groups in total. The van der Waals surface area contributed by atoms with E-state index in [1.807, 2.05) is 41.2 Å². The van der Waals surface area contributed by atoms with Gasteiger partial charge in [-0.05, 0) is 125 Å². The lowest BCUT2D eigenvalue weighted by atomic mass is 9.75. The summed E-state index contributed by atoms with van der Waals surface area (Å²) in [6.45, 7) is 5.53. The summed E-state index contributed by atoms with van der Waals surface area (Å²) >= 11 is 6.69. The van der Waals surface area contributed by atoms with E-state index in [4.69, 9.17) is 9.57 Å². The number of nitrogens with one attached hydrogen (secondary N) is 1. The molecule has 13 nitrogen and oxygen atoms in total. The van der Waals surface area contributed by atoms with Gasteiger partial charge in [-0.2, -0.15) is 5.06 Å². The number of phenols is 1. The molecule has 2 atom stereocenters. The number of piperidine rings is 3. The van der Waals surface area contributed by atoms with Crippen LogP contribution in [0.4, 0.5) is 15.3 Å². The minimum atomic E-state index is -1.52. The quantitative estimate of drug-likeness (QED) is 0.266. The fraction of sp³-hybridized carbons (Fsp3) is 0.553. The maximum atomic E-state index is 14.5. The Bertz CT molecular complexity index is 1740. The number of carbonyl (C=O) groups is 5. The highest BCUT2D eigenvalue weighted by molar-refractivity contribution is 9.11. The zero-order chi connectivity index (χ0) is 37.4. The minimum absolute atomic E-state index is 0.0132. The summed E-state index contributed by atoms with van der Waals surface area (Å²) in [4.78, 5) is 78.2. The smallest absolute Gasteiger partial charge is 0.410 e. The highest BCUT2D eigenvalue weighted by atomic mass is 79.9. The number of ether oxygens (including phenoxy) is 1. The lowest BCUT2D eigenvalue weighted by Crippen LogP contribution is -2.56. The zero-order valence-electron chi connectivity index (χ0n) is 29.7. The predicted octanol–water partition coefficient (Wildman–Crippen LogP) is 5.31. The number of hydrogen-bond acceptors (Lipinski definition) is 9. The van der Waals surface area contributed by atoms with Crippen LogP contribution in [0.3, 0.4) is 0 Å². The van der Waals surface area contributed by atoms with Crippen LogP contribution in [0.15, 0.2) is 45.3 Å². The van der Waals surface area contributed by atoms with E-state index in [2.05, 4.69) is 37.2 Å². The number of nitrogens with zero attached hydrogens (tertiary/aromatic N) is 4. The first-order valence-electron chi connectivity index (χ1n) is 18.6. The van der Waals surface area contributed by atoms with Gasteiger partial charge in [-0.25, -0.2) is 9.59 Å². The van der Waals surface area contributed by atoms with Gasteiger partial charge in [-0.1, -0.05) is 18.2 Å². The van der Waals surface area contributed by atoms with Crippen molar-refractivity contribution < 1.29 is 38.7 Å². The number of ketones is 2. The molecule has 5 aliphatic rings. The molecule has 53 heavy (non-hydrogen) atoms. The molecular weight excluding hydrogens is 814 g/mol. The van der Waals surface area contributed by atoms with Crippen LogP contribution >= 0.6 is 31.9 Å². The molecule has 1 spiro atoms. The van der Waals surface area contributed by atoms with Crippen molar-refractivity contribution in [2.75, 3.05) is 51.2 Å². The first kappa shape index (κ1) is 37.8. The predicted molar refractivity (Wildman–Crippen MR) is 201 cm³/mol. The van der Waals surface area contributed by atoms with E-state index in [1.165, 1.54) is 4.90 Å². The number of hydrogen-bond donors (Lipinski definition) is 2. The molecule has 4 amide bonds. The maximum absolute atomic E-state index is 14.5. The number of urea groups is 1. The fourth-order valence-corrected chi connectivity index (χ4v) is 10.0. The molecule has 0 bridgehead atoms. The van der Waals surface area contributed by atoms with Gasteiger partial charge in [-0.3, -0.25) is 19.2 Å². The highest BCUT2D eigenvalue weighted by Gasteiger charge is 2.72. The monoisotopic (exact) mass is 857 g/mol. The Kier molecular flexibility index (Phi) is 11.2. The summed E-state index contributed by atoms with van der Waals surface area (Å²) in [6, 6.07) is 10.8. The number of benzene rings is 2. The van der Waals surface area contributed by atoms with E-state index in [-0.39, 0.29) is 43.1 Å². The Morgan fingerprint density at radius 1 is 0.925 bits per heavy atom. The number of para-hydroxylation sites is 1. The van der Waals surface area contributed by atoms with Crippen LogP contribution in [-0.4, -0.2) is 118 Å². The zero-order valence-corrected chi connectivity index (χ0v) is 32.9. The molecular formula is C38H45Br2N5O8. The van der Waals surface area contributed by atoms with Crippen LogP contribution in [0.1, 0.15) is 56.6 Å². The number of anilines is 1. The van der Waals surface area contributed by atoms with E-state index in [0.717, 1.165) is 43.6 Å². The number of rotatable bonds is 8. The van der Waals surface area contributed by atoms with Crippen LogP contribution in [0.25, 0.3) is 0 Å². The first-order chi connectivity index (χ1) is 25.5. The van der Waals surface area contributed by atoms with Crippen LogP contribution in [0.2, 0.25) is 0 Å². The van der Waals surface area contributed by atoms with Crippen molar-refractivity contribution in [3.05, 3.63) is 56.5 Å². The number of aromatic hydroxyl groups is 1. The van der Waals surface area contributed by atoms with E-state index >= 15 is 0 Å². The SMILES string of the molecule is CCON1CCC([C@@H]2CCN(C(=O)C(Cc3cc(Br)c(O)c(Br)c3)OC(=O)N3CCC(N4CCc5ccccc5NC4=O)CC3)C3(C2)C(=O)C3=O)CC1. The van der Waals surface area contributed by atoms with Gasteiger partial charge in [0.05, 0.1) is 15.6 Å². The molecule has 15 heteroatoms. The lowest BCUT2D eigenvalue weighted by molar-refractivity contribution is -0.174. The number of amides is 4. The van der Waals surface area contributed by atoms with E-state index in [9.17, 15) is 29.1 Å². The van der Waals surface area contributed by atoms with Crippen LogP contribution in [0.5, 0.6) is 5.75 Å². The number of halogens is 2. The van der Waals surface area contributed by atoms with Gasteiger partial charge in [0.15, 0.2) is 11.6 Å². The minimum Gasteiger partial charge on any atom is -0.506 e. The van der Waals surface area contributed by atoms with Crippen molar-refractivity contribution in [3.8, 4) is 5.75 Å². The number of likely N-dealkylation sites (tertiary alicyclic amines) is 2. The first-order valence-corrected chi connectivity index (χ1v) is 20.1. The van der Waals surface area contributed by atoms with Crippen molar-refractivity contribution in [2.24, 2.45) is 11.8 Å². The number of hydroxylamine groups is 2. The lowest BCUT2D eigenvalue weighted by Gasteiger charge is -2.43. The summed E-state index contributed by atoms with van der Waals surface area (Å²) in [6.07, 6.45) is 2.43. The van der Waals surface area contributed by atoms with Crippen molar-refractivity contribution in [3.63, 3.8) is 0 Å². The molecule has 0 aromatic heterocycles. The largest absolute Gasteiger partial charge is 0.506 e. The molecule has 1 unspecified atom stereocenters. The van der Waals surface area contributed by atoms with Crippen LogP contribution in [-0.2, 0) is 36.8 Å². The van der Waals surface area contributed by atoms with Gasteiger partial charge in [0.25, 0.3) is 5.91 Å². The highest BCUT2D eigenvalue weighted by Crippen LogP contribution is 2.48. The summed E-state index contributed by atoms with van der Waals surface area (Å²) < 4.78 is 6.80. The number of fused-ring (bicyclic) bond motifs is 1. The van der Waals surface area contributed by atoms with Gasteiger partial charge < -0.3 is 29.9 Å². The van der Waals surface area contributed by atoms with Crippen LogP contribution in [0, 0.1) is 11.8 Å². The molecule has 1 aliphatic carbocycles. The van der Waals surface area contributed by atoms with Gasteiger partial charge >= 0.3 is 12.1 Å². The molecule has 1 saturated carbocycles. The Morgan fingerprint density at radius 3 is 2.25 bits per heavy atom. The topological polar surface area (TPSA) is 149 Å². The van der Waals surface area contributed by atoms with Crippen molar-refractivity contribution >= 4 is 67.1 Å². The van der Waals surface area contributed by atoms with Gasteiger partial charge in [0.2, 0.25) is 11.6 Å². The molecule has 2 aromatic carbocycles. The molecule has 284 valence electrons. The normalized spacial score (nSPS) is 23.0. The standard InChI is InChI=1S/C38H45Br2N5O8/c1-2-52-43-15-7-24(8-16-43)26-10-18-45(38(22-26)33(47)34(38)48)35(49)31(21-23-19-28(39)32(46)29(40)20-23)53-37(51)42-13-11-27(12-14-42)44-17-9-25-5-3-4-6-30(25)41-36(44)50/h3-6,19-20,24,26-27,31,46H,2,7-18,21-22H2,1H3,(H,41,50)/t26-,31?/m1/s1. The maximum Gasteiger partial charge on any atom is 0.410 e. The second kappa shape index (κ2) is 15.7.